The summed E-state index contributed by atoms with van der Waals surface area (Å²) in [6, 6.07) is 1.94. The number of pyridine rings is 1. The largest absolute Gasteiger partial charge is 0.358 e. The van der Waals surface area contributed by atoms with Crippen LogP contribution in [-0.4, -0.2) is 11.5 Å². The predicted molar refractivity (Wildman–Crippen MR) is 61.6 cm³/mol. The van der Waals surface area contributed by atoms with Crippen molar-refractivity contribution in [1.29, 1.82) is 0 Å². The van der Waals surface area contributed by atoms with Crippen LogP contribution in [0.15, 0.2) is 21.2 Å². The molecule has 0 radical (unpaired) electrons. The second-order valence-corrected chi connectivity index (χ2v) is 4.03. The summed E-state index contributed by atoms with van der Waals surface area (Å²) >= 11 is 6.73. The number of anilines is 1. The maximum absolute atomic E-state index is 4.18. The zero-order chi connectivity index (χ0) is 9.68. The van der Waals surface area contributed by atoms with Crippen LogP contribution < -0.4 is 5.32 Å². The highest BCUT2D eigenvalue weighted by Crippen LogP contribution is 2.22. The van der Waals surface area contributed by atoms with Crippen molar-refractivity contribution in [2.75, 3.05) is 11.9 Å². The van der Waals surface area contributed by atoms with Crippen molar-refractivity contribution >= 4 is 37.7 Å². The Morgan fingerprint density at radius 3 is 2.92 bits per heavy atom. The van der Waals surface area contributed by atoms with Crippen LogP contribution in [0, 0.1) is 11.8 Å². The molecule has 0 saturated heterocycles. The molecule has 4 heteroatoms. The summed E-state index contributed by atoms with van der Waals surface area (Å²) in [4.78, 5) is 4.18. The third-order valence-corrected chi connectivity index (χ3v) is 2.37. The van der Waals surface area contributed by atoms with Gasteiger partial charge in [0.25, 0.3) is 0 Å². The van der Waals surface area contributed by atoms with Crippen LogP contribution in [-0.2, 0) is 0 Å². The van der Waals surface area contributed by atoms with Crippen LogP contribution in [0.25, 0.3) is 0 Å². The number of hydrogen-bond donors (Lipinski definition) is 1. The van der Waals surface area contributed by atoms with Crippen molar-refractivity contribution in [3.63, 3.8) is 0 Å². The number of nitrogens with one attached hydrogen (secondary N) is 1. The Bertz CT molecular complexity index is 352. The van der Waals surface area contributed by atoms with Crippen LogP contribution in [0.4, 0.5) is 5.82 Å². The van der Waals surface area contributed by atoms with Gasteiger partial charge in [-0.25, -0.2) is 4.98 Å². The topological polar surface area (TPSA) is 24.9 Å². The molecule has 1 aromatic heterocycles. The minimum atomic E-state index is 0.615. The van der Waals surface area contributed by atoms with E-state index in [1.807, 2.05) is 13.0 Å². The number of hydrogen-bond acceptors (Lipinski definition) is 2. The lowest BCUT2D eigenvalue weighted by Crippen LogP contribution is -2.01. The first kappa shape index (κ1) is 10.6. The lowest BCUT2D eigenvalue weighted by Gasteiger charge is -2.03. The second-order valence-electron chi connectivity index (χ2n) is 2.26. The normalized spacial score (nSPS) is 8.85. The van der Waals surface area contributed by atoms with E-state index in [-0.39, 0.29) is 0 Å². The lowest BCUT2D eigenvalue weighted by atomic mass is 10.4. The molecule has 0 aliphatic carbocycles. The molecule has 0 spiro atoms. The fourth-order valence-electron chi connectivity index (χ4n) is 0.761. The first-order valence-electron chi connectivity index (χ1n) is 3.68. The first-order chi connectivity index (χ1) is 6.24. The highest BCUT2D eigenvalue weighted by Gasteiger charge is 1.99. The molecule has 13 heavy (non-hydrogen) atoms. The standard InChI is InChI=1S/C9H8Br2N2/c1-2-3-4-12-9-8(11)5-7(10)6-13-9/h5-6H,4H2,1H3,(H,12,13). The van der Waals surface area contributed by atoms with E-state index in [1.165, 1.54) is 0 Å². The SMILES string of the molecule is CC#CCNc1ncc(Br)cc1Br. The number of nitrogens with zero attached hydrogens (tertiary/aromatic N) is 1. The molecule has 68 valence electrons. The van der Waals surface area contributed by atoms with Gasteiger partial charge in [-0.2, -0.15) is 0 Å². The summed E-state index contributed by atoms with van der Waals surface area (Å²) < 4.78 is 1.88. The molecule has 0 aliphatic rings. The van der Waals surface area contributed by atoms with Crippen molar-refractivity contribution in [1.82, 2.24) is 4.98 Å². The van der Waals surface area contributed by atoms with Gasteiger partial charge >= 0.3 is 0 Å². The fourth-order valence-corrected chi connectivity index (χ4v) is 1.89. The van der Waals surface area contributed by atoms with E-state index in [0.717, 1.165) is 14.8 Å². The van der Waals surface area contributed by atoms with Gasteiger partial charge in [0.2, 0.25) is 0 Å². The summed E-state index contributed by atoms with van der Waals surface area (Å²) in [7, 11) is 0. The number of rotatable bonds is 2. The Labute approximate surface area is 94.4 Å². The number of aromatic nitrogens is 1. The van der Waals surface area contributed by atoms with Gasteiger partial charge in [-0.3, -0.25) is 0 Å². The molecule has 0 aliphatic heterocycles. The summed E-state index contributed by atoms with van der Waals surface area (Å²) in [6.45, 7) is 2.43. The molecule has 1 aromatic rings. The monoisotopic (exact) mass is 302 g/mol. The Morgan fingerprint density at radius 2 is 2.31 bits per heavy atom. The molecule has 0 fully saturated rings. The van der Waals surface area contributed by atoms with E-state index in [0.29, 0.717) is 6.54 Å². The van der Waals surface area contributed by atoms with E-state index >= 15 is 0 Å². The summed E-state index contributed by atoms with van der Waals surface area (Å²) in [6.07, 6.45) is 1.74. The van der Waals surface area contributed by atoms with Gasteiger partial charge in [0.05, 0.1) is 11.0 Å². The van der Waals surface area contributed by atoms with Crippen LogP contribution in [0.2, 0.25) is 0 Å². The minimum Gasteiger partial charge on any atom is -0.358 e. The third kappa shape index (κ3) is 3.37. The Hall–Kier alpha value is -0.530. The van der Waals surface area contributed by atoms with Crippen LogP contribution in [0.1, 0.15) is 6.92 Å². The minimum absolute atomic E-state index is 0.615. The van der Waals surface area contributed by atoms with Gasteiger partial charge in [0, 0.05) is 10.7 Å². The zero-order valence-corrected chi connectivity index (χ0v) is 10.2. The molecule has 0 atom stereocenters. The van der Waals surface area contributed by atoms with E-state index in [9.17, 15) is 0 Å². The molecule has 0 amide bonds. The highest BCUT2D eigenvalue weighted by molar-refractivity contribution is 9.11. The molecule has 2 nitrogen and oxygen atoms in total. The van der Waals surface area contributed by atoms with Gasteiger partial charge < -0.3 is 5.32 Å². The van der Waals surface area contributed by atoms with Gasteiger partial charge in [-0.05, 0) is 44.8 Å². The smallest absolute Gasteiger partial charge is 0.141 e. The average Bonchev–Trinajstić information content (AvgIpc) is 2.09. The van der Waals surface area contributed by atoms with Gasteiger partial charge in [0.15, 0.2) is 0 Å². The Balaban J connectivity index is 2.70. The van der Waals surface area contributed by atoms with Gasteiger partial charge in [-0.1, -0.05) is 5.92 Å². The molecule has 1 heterocycles. The molecular weight excluding hydrogens is 296 g/mol. The van der Waals surface area contributed by atoms with E-state index in [1.54, 1.807) is 6.20 Å². The molecule has 0 bridgehead atoms. The molecule has 0 aromatic carbocycles. The van der Waals surface area contributed by atoms with Gasteiger partial charge in [-0.15, -0.1) is 5.92 Å². The van der Waals surface area contributed by atoms with E-state index in [2.05, 4.69) is 54.0 Å². The van der Waals surface area contributed by atoms with Crippen molar-refractivity contribution in [2.24, 2.45) is 0 Å². The average molecular weight is 304 g/mol. The third-order valence-electron chi connectivity index (χ3n) is 1.33. The first-order valence-corrected chi connectivity index (χ1v) is 5.27. The molecule has 0 saturated carbocycles. The zero-order valence-electron chi connectivity index (χ0n) is 7.06. The van der Waals surface area contributed by atoms with E-state index in [4.69, 9.17) is 0 Å². The Morgan fingerprint density at radius 1 is 1.54 bits per heavy atom. The lowest BCUT2D eigenvalue weighted by molar-refractivity contribution is 1.22. The maximum Gasteiger partial charge on any atom is 0.141 e. The van der Waals surface area contributed by atoms with Crippen LogP contribution >= 0.6 is 31.9 Å². The molecule has 1 rings (SSSR count). The highest BCUT2D eigenvalue weighted by atomic mass is 79.9. The van der Waals surface area contributed by atoms with Crippen molar-refractivity contribution < 1.29 is 0 Å². The van der Waals surface area contributed by atoms with Crippen molar-refractivity contribution in [3.8, 4) is 11.8 Å². The molecule has 0 unspecified atom stereocenters. The van der Waals surface area contributed by atoms with E-state index < -0.39 is 0 Å². The second kappa shape index (κ2) is 5.25. The quantitative estimate of drug-likeness (QED) is 0.850. The van der Waals surface area contributed by atoms with Gasteiger partial charge in [0.1, 0.15) is 5.82 Å². The summed E-state index contributed by atoms with van der Waals surface area (Å²) in [5, 5.41) is 3.09. The summed E-state index contributed by atoms with van der Waals surface area (Å²) in [5.41, 5.74) is 0. The predicted octanol–water partition coefficient (Wildman–Crippen LogP) is 3.04. The molecule has 1 N–H and O–H groups in total. The molecular formula is C9H8Br2N2. The Kier molecular flexibility index (Phi) is 4.26. The maximum atomic E-state index is 4.18. The van der Waals surface area contributed by atoms with Crippen LogP contribution in [0.5, 0.6) is 0 Å². The fraction of sp³-hybridized carbons (Fsp3) is 0.222. The van der Waals surface area contributed by atoms with Crippen LogP contribution in [0.3, 0.4) is 0 Å². The summed E-state index contributed by atoms with van der Waals surface area (Å²) in [5.74, 6) is 6.52. The number of halogens is 2. The van der Waals surface area contributed by atoms with Crippen molar-refractivity contribution in [2.45, 2.75) is 6.92 Å². The van der Waals surface area contributed by atoms with Crippen molar-refractivity contribution in [3.05, 3.63) is 21.2 Å².